The van der Waals surface area contributed by atoms with Crippen LogP contribution in [-0.2, 0) is 0 Å². The summed E-state index contributed by atoms with van der Waals surface area (Å²) in [4.78, 5) is 10.7. The van der Waals surface area contributed by atoms with Gasteiger partial charge in [-0.2, -0.15) is 0 Å². The Labute approximate surface area is 103 Å². The zero-order valence-corrected chi connectivity index (χ0v) is 9.69. The predicted molar refractivity (Wildman–Crippen MR) is 48.2 cm³/mol. The van der Waals surface area contributed by atoms with E-state index in [0.29, 0.717) is 0 Å². The van der Waals surface area contributed by atoms with Gasteiger partial charge >= 0.3 is 29.6 Å². The van der Waals surface area contributed by atoms with Gasteiger partial charge in [0.15, 0.2) is 0 Å². The molecule has 2 rings (SSSR count). The molecule has 4 nitrogen and oxygen atoms in total. The predicted octanol–water partition coefficient (Wildman–Crippen LogP) is -1.17. The van der Waals surface area contributed by atoms with Crippen molar-refractivity contribution in [1.82, 2.24) is 10.2 Å². The fraction of sp³-hybridized carbons (Fsp3) is 0. The Morgan fingerprint density at radius 2 is 1.93 bits per heavy atom. The van der Waals surface area contributed by atoms with E-state index >= 15 is 0 Å². The summed E-state index contributed by atoms with van der Waals surface area (Å²) in [6.07, 6.45) is 0. The molecular formula is C9H6N3NaO. The molecule has 0 spiro atoms. The summed E-state index contributed by atoms with van der Waals surface area (Å²) in [7, 11) is 0. The van der Waals surface area contributed by atoms with Gasteiger partial charge in [-0.05, 0) is 12.1 Å². The molecule has 0 aliphatic heterocycles. The van der Waals surface area contributed by atoms with Gasteiger partial charge in [-0.25, -0.2) is 0 Å². The molecular weight excluding hydrogens is 189 g/mol. The quantitative estimate of drug-likeness (QED) is 0.538. The van der Waals surface area contributed by atoms with E-state index in [-0.39, 0.29) is 35.3 Å². The molecule has 1 aromatic heterocycles. The van der Waals surface area contributed by atoms with Crippen LogP contribution in [0.3, 0.4) is 0 Å². The molecule has 0 aliphatic rings. The second-order valence-electron chi connectivity index (χ2n) is 2.62. The molecule has 0 aliphatic carbocycles. The second kappa shape index (κ2) is 4.50. The summed E-state index contributed by atoms with van der Waals surface area (Å²) in [5.41, 5.74) is 7.66. The van der Waals surface area contributed by atoms with Crippen molar-refractivity contribution >= 4 is 16.8 Å². The van der Waals surface area contributed by atoms with Gasteiger partial charge in [0, 0.05) is 5.39 Å². The summed E-state index contributed by atoms with van der Waals surface area (Å²) in [5, 5.41) is 8.26. The molecule has 1 N–H and O–H groups in total. The number of rotatable bonds is 1. The van der Waals surface area contributed by atoms with E-state index in [9.17, 15) is 4.79 Å². The molecule has 1 amide bonds. The van der Waals surface area contributed by atoms with E-state index in [0.717, 1.165) is 10.9 Å². The number of fused-ring (bicyclic) bond motifs is 1. The van der Waals surface area contributed by atoms with Crippen molar-refractivity contribution in [3.05, 3.63) is 41.8 Å². The van der Waals surface area contributed by atoms with Crippen molar-refractivity contribution in [1.29, 1.82) is 0 Å². The largest absolute Gasteiger partial charge is 1.00 e. The first-order chi connectivity index (χ1) is 6.27. The first kappa shape index (κ1) is 11.1. The summed E-state index contributed by atoms with van der Waals surface area (Å²) >= 11 is 0. The number of nitrogens with one attached hydrogen (secondary N) is 1. The molecule has 0 radical (unpaired) electrons. The Bertz CT molecular complexity index is 472. The number of benzene rings is 1. The second-order valence-corrected chi connectivity index (χ2v) is 2.62. The van der Waals surface area contributed by atoms with Gasteiger partial charge < -0.3 is 10.5 Å². The number of hydrogen-bond donors (Lipinski definition) is 0. The van der Waals surface area contributed by atoms with Crippen LogP contribution in [0.15, 0.2) is 30.3 Å². The third kappa shape index (κ3) is 2.09. The topological polar surface area (TPSA) is 66.7 Å². The van der Waals surface area contributed by atoms with Crippen LogP contribution in [0, 0.1) is 0 Å². The molecule has 0 saturated heterocycles. The fourth-order valence-electron chi connectivity index (χ4n) is 1.10. The first-order valence-electron chi connectivity index (χ1n) is 3.76. The van der Waals surface area contributed by atoms with Crippen LogP contribution >= 0.6 is 0 Å². The molecule has 5 heteroatoms. The van der Waals surface area contributed by atoms with E-state index in [2.05, 4.69) is 10.2 Å². The SMILES string of the molecule is [NH-]C(=O)c1cc2ccccc2nn1.[Na+]. The molecule has 0 bridgehead atoms. The van der Waals surface area contributed by atoms with Crippen LogP contribution in [0.2, 0.25) is 0 Å². The minimum absolute atomic E-state index is 0. The average molecular weight is 195 g/mol. The van der Waals surface area contributed by atoms with Crippen LogP contribution in [0.1, 0.15) is 10.5 Å². The van der Waals surface area contributed by atoms with Crippen LogP contribution < -0.4 is 29.6 Å². The molecule has 1 aromatic carbocycles. The van der Waals surface area contributed by atoms with Gasteiger partial charge in [0.25, 0.3) is 0 Å². The number of aromatic nitrogens is 2. The maximum absolute atomic E-state index is 10.7. The number of hydrogen-bond acceptors (Lipinski definition) is 3. The molecule has 64 valence electrons. The summed E-state index contributed by atoms with van der Waals surface area (Å²) in [5.74, 6) is -0.807. The van der Waals surface area contributed by atoms with Gasteiger partial charge in [0.1, 0.15) is 11.6 Å². The Hall–Kier alpha value is -0.970. The Morgan fingerprint density at radius 3 is 2.64 bits per heavy atom. The summed E-state index contributed by atoms with van der Waals surface area (Å²) < 4.78 is 0. The van der Waals surface area contributed by atoms with Crippen LogP contribution in [0.4, 0.5) is 0 Å². The van der Waals surface area contributed by atoms with Crippen molar-refractivity contribution in [3.63, 3.8) is 0 Å². The Morgan fingerprint density at radius 1 is 1.21 bits per heavy atom. The Balaban J connectivity index is 0.000000980. The molecule has 0 saturated carbocycles. The van der Waals surface area contributed by atoms with Crippen molar-refractivity contribution in [2.24, 2.45) is 0 Å². The van der Waals surface area contributed by atoms with Gasteiger partial charge in [-0.1, -0.05) is 18.2 Å². The number of carbonyl (C=O) groups is 1. The average Bonchev–Trinajstić information content (AvgIpc) is 2.17. The molecule has 14 heavy (non-hydrogen) atoms. The number of amides is 1. The molecule has 0 unspecified atom stereocenters. The van der Waals surface area contributed by atoms with E-state index in [1.54, 1.807) is 12.1 Å². The minimum atomic E-state index is -0.807. The van der Waals surface area contributed by atoms with Gasteiger partial charge in [0.05, 0.1) is 5.52 Å². The third-order valence-corrected chi connectivity index (χ3v) is 1.73. The molecule has 2 aromatic rings. The molecule has 1 heterocycles. The van der Waals surface area contributed by atoms with Gasteiger partial charge in [-0.15, -0.1) is 10.2 Å². The fourth-order valence-corrected chi connectivity index (χ4v) is 1.10. The van der Waals surface area contributed by atoms with Crippen molar-refractivity contribution in [2.75, 3.05) is 0 Å². The van der Waals surface area contributed by atoms with Crippen molar-refractivity contribution < 1.29 is 34.4 Å². The van der Waals surface area contributed by atoms with Crippen LogP contribution in [0.25, 0.3) is 16.6 Å². The minimum Gasteiger partial charge on any atom is -0.662 e. The smallest absolute Gasteiger partial charge is 0.662 e. The van der Waals surface area contributed by atoms with Crippen molar-refractivity contribution in [3.8, 4) is 0 Å². The zero-order valence-electron chi connectivity index (χ0n) is 7.69. The van der Waals surface area contributed by atoms with Crippen LogP contribution in [-0.4, -0.2) is 16.1 Å². The standard InChI is InChI=1S/C9H7N3O.Na/c10-9(13)8-5-6-3-1-2-4-7(6)11-12-8;/h1-5H,(H2,10,13);/q;+1/p-1. The maximum Gasteiger partial charge on any atom is 1.00 e. The maximum atomic E-state index is 10.7. The third-order valence-electron chi connectivity index (χ3n) is 1.73. The number of carbonyl (C=O) groups excluding carboxylic acids is 1. The number of nitrogens with zero attached hydrogens (tertiary/aromatic N) is 2. The molecule has 0 fully saturated rings. The van der Waals surface area contributed by atoms with E-state index < -0.39 is 5.91 Å². The first-order valence-corrected chi connectivity index (χ1v) is 3.76. The monoisotopic (exact) mass is 195 g/mol. The van der Waals surface area contributed by atoms with E-state index in [1.807, 2.05) is 18.2 Å². The van der Waals surface area contributed by atoms with Crippen LogP contribution in [0.5, 0.6) is 0 Å². The summed E-state index contributed by atoms with van der Waals surface area (Å²) in [6, 6.07) is 8.90. The van der Waals surface area contributed by atoms with Gasteiger partial charge in [-0.3, -0.25) is 0 Å². The van der Waals surface area contributed by atoms with E-state index in [1.165, 1.54) is 0 Å². The normalized spacial score (nSPS) is 9.43. The Kier molecular flexibility index (Phi) is 3.57. The van der Waals surface area contributed by atoms with Crippen molar-refractivity contribution in [2.45, 2.75) is 0 Å². The van der Waals surface area contributed by atoms with E-state index in [4.69, 9.17) is 5.73 Å². The summed E-state index contributed by atoms with van der Waals surface area (Å²) in [6.45, 7) is 0. The zero-order chi connectivity index (χ0) is 9.26. The van der Waals surface area contributed by atoms with Gasteiger partial charge in [0.2, 0.25) is 0 Å². The molecule has 0 atom stereocenters.